The summed E-state index contributed by atoms with van der Waals surface area (Å²) in [5, 5.41) is 25.4. The van der Waals surface area contributed by atoms with E-state index in [2.05, 4.69) is 21.5 Å². The molecule has 0 amide bonds. The average Bonchev–Trinajstić information content (AvgIpc) is 3.32. The van der Waals surface area contributed by atoms with Crippen LogP contribution in [0.2, 0.25) is 5.02 Å². The van der Waals surface area contributed by atoms with Crippen molar-refractivity contribution in [2.45, 2.75) is 49.9 Å². The fourth-order valence-corrected chi connectivity index (χ4v) is 4.07. The number of nitrogens with zero attached hydrogens (tertiary/aromatic N) is 3. The van der Waals surface area contributed by atoms with Crippen LogP contribution in [0.3, 0.4) is 0 Å². The number of nitriles is 1. The summed E-state index contributed by atoms with van der Waals surface area (Å²) in [6.07, 6.45) is 3.70. The first kappa shape index (κ1) is 26.2. The van der Waals surface area contributed by atoms with Crippen molar-refractivity contribution in [3.05, 3.63) is 71.3 Å². The van der Waals surface area contributed by atoms with Crippen LogP contribution in [0, 0.1) is 11.3 Å². The number of aromatic nitrogens is 2. The predicted molar refractivity (Wildman–Crippen MR) is 121 cm³/mol. The van der Waals surface area contributed by atoms with Crippen LogP contribution in [0.4, 0.5) is 13.2 Å². The lowest BCUT2D eigenvalue weighted by Gasteiger charge is -2.35. The molecular weight excluding hydrogens is 485 g/mol. The van der Waals surface area contributed by atoms with Crippen molar-refractivity contribution in [3.63, 3.8) is 0 Å². The highest BCUT2D eigenvalue weighted by Crippen LogP contribution is 2.39. The van der Waals surface area contributed by atoms with Crippen molar-refractivity contribution in [1.82, 2.24) is 15.5 Å². The van der Waals surface area contributed by atoms with Gasteiger partial charge in [-0.3, -0.25) is 4.98 Å². The first-order chi connectivity index (χ1) is 16.6. The summed E-state index contributed by atoms with van der Waals surface area (Å²) >= 11 is 5.98. The van der Waals surface area contributed by atoms with E-state index in [-0.39, 0.29) is 0 Å². The maximum atomic E-state index is 10.6. The molecule has 2 heterocycles. The molecule has 0 bridgehead atoms. The molecule has 0 aliphatic heterocycles. The molecule has 11 heteroatoms. The lowest BCUT2D eigenvalue weighted by molar-refractivity contribution is -0.192. The Labute approximate surface area is 204 Å². The van der Waals surface area contributed by atoms with Crippen LogP contribution in [-0.2, 0) is 16.8 Å². The zero-order chi connectivity index (χ0) is 25.5. The van der Waals surface area contributed by atoms with Crippen molar-refractivity contribution in [2.24, 2.45) is 0 Å². The molecule has 0 spiro atoms. The Kier molecular flexibility index (Phi) is 8.48. The minimum absolute atomic E-state index is 0.359. The molecule has 2 aromatic heterocycles. The number of halogens is 4. The van der Waals surface area contributed by atoms with Gasteiger partial charge < -0.3 is 14.9 Å². The van der Waals surface area contributed by atoms with E-state index in [0.717, 1.165) is 48.1 Å². The molecule has 3 aromatic rings. The van der Waals surface area contributed by atoms with E-state index >= 15 is 0 Å². The molecule has 0 radical (unpaired) electrons. The summed E-state index contributed by atoms with van der Waals surface area (Å²) in [6.45, 7) is 0.633. The highest BCUT2D eigenvalue weighted by atomic mass is 35.5. The Morgan fingerprint density at radius 2 is 1.80 bits per heavy atom. The largest absolute Gasteiger partial charge is 0.490 e. The third-order valence-electron chi connectivity index (χ3n) is 5.89. The summed E-state index contributed by atoms with van der Waals surface area (Å²) in [5.74, 6) is -2.76. The molecule has 1 saturated carbocycles. The maximum Gasteiger partial charge on any atom is 0.490 e. The molecular formula is C24H22ClF3N4O3. The Hall–Kier alpha value is -3.42. The lowest BCUT2D eigenvalue weighted by Crippen LogP contribution is -2.39. The van der Waals surface area contributed by atoms with Crippen molar-refractivity contribution < 1.29 is 27.6 Å². The number of nitrogens with one attached hydrogen (secondary N) is 1. The molecule has 1 aliphatic carbocycles. The van der Waals surface area contributed by atoms with Gasteiger partial charge in [-0.2, -0.15) is 18.4 Å². The number of aliphatic carboxylic acids is 1. The number of carboxylic acids is 1. The monoisotopic (exact) mass is 506 g/mol. The van der Waals surface area contributed by atoms with Crippen LogP contribution in [0.15, 0.2) is 59.6 Å². The van der Waals surface area contributed by atoms with Gasteiger partial charge in [-0.25, -0.2) is 4.79 Å². The summed E-state index contributed by atoms with van der Waals surface area (Å²) in [6, 6.07) is 14.5. The number of rotatable bonds is 5. The van der Waals surface area contributed by atoms with Crippen LogP contribution in [0.1, 0.15) is 36.9 Å². The van der Waals surface area contributed by atoms with Gasteiger partial charge in [-0.1, -0.05) is 28.9 Å². The number of benzene rings is 1. The van der Waals surface area contributed by atoms with E-state index in [1.165, 1.54) is 0 Å². The van der Waals surface area contributed by atoms with Gasteiger partial charge in [0.2, 0.25) is 0 Å². The van der Waals surface area contributed by atoms with Gasteiger partial charge in [0.15, 0.2) is 0 Å². The minimum Gasteiger partial charge on any atom is -0.475 e. The second kappa shape index (κ2) is 11.3. The van der Waals surface area contributed by atoms with Crippen molar-refractivity contribution in [1.29, 1.82) is 5.26 Å². The van der Waals surface area contributed by atoms with E-state index < -0.39 is 17.6 Å². The molecule has 0 saturated heterocycles. The Morgan fingerprint density at radius 1 is 1.20 bits per heavy atom. The minimum atomic E-state index is -5.08. The molecule has 0 atom stereocenters. The van der Waals surface area contributed by atoms with Gasteiger partial charge in [0.25, 0.3) is 0 Å². The zero-order valence-electron chi connectivity index (χ0n) is 18.4. The second-order valence-electron chi connectivity index (χ2n) is 8.07. The van der Waals surface area contributed by atoms with Gasteiger partial charge in [0.1, 0.15) is 12.0 Å². The third-order valence-corrected chi connectivity index (χ3v) is 6.14. The fourth-order valence-electron chi connectivity index (χ4n) is 3.94. The third kappa shape index (κ3) is 6.81. The van der Waals surface area contributed by atoms with Crippen molar-refractivity contribution in [3.8, 4) is 17.2 Å². The molecule has 1 aromatic carbocycles. The smallest absolute Gasteiger partial charge is 0.475 e. The van der Waals surface area contributed by atoms with Crippen LogP contribution < -0.4 is 5.32 Å². The maximum absolute atomic E-state index is 10.6. The quantitative estimate of drug-likeness (QED) is 0.468. The topological polar surface area (TPSA) is 112 Å². The van der Waals surface area contributed by atoms with E-state index in [9.17, 15) is 18.4 Å². The number of hydrogen-bond acceptors (Lipinski definition) is 6. The number of carbonyl (C=O) groups is 1. The second-order valence-corrected chi connectivity index (χ2v) is 8.51. The molecule has 2 N–H and O–H groups in total. The molecule has 0 unspecified atom stereocenters. The standard InChI is InChI=1S/C22H21ClN4O.C2HF3O2/c23-18-3-1-16(2-4-18)20-14-28-27-21(20)13-26-19-5-9-22(15-24,10-6-19)17-7-11-25-12-8-17;3-2(4,5)1(6)7/h1-4,7-8,11-12,14,19,26H,5-6,9-10,13H2;(H,6,7). The van der Waals surface area contributed by atoms with Crippen LogP contribution in [0.5, 0.6) is 0 Å². The molecule has 1 aliphatic rings. The zero-order valence-corrected chi connectivity index (χ0v) is 19.2. The van der Waals surface area contributed by atoms with Gasteiger partial charge >= 0.3 is 12.1 Å². The molecule has 4 rings (SSSR count). The van der Waals surface area contributed by atoms with Crippen LogP contribution in [0.25, 0.3) is 11.1 Å². The van der Waals surface area contributed by atoms with Gasteiger partial charge in [0, 0.05) is 35.6 Å². The molecule has 7 nitrogen and oxygen atoms in total. The van der Waals surface area contributed by atoms with E-state index in [1.807, 2.05) is 36.4 Å². The predicted octanol–water partition coefficient (Wildman–Crippen LogP) is 5.52. The molecule has 184 valence electrons. The summed E-state index contributed by atoms with van der Waals surface area (Å²) < 4.78 is 36.9. The van der Waals surface area contributed by atoms with E-state index in [1.54, 1.807) is 18.7 Å². The normalized spacial score (nSPS) is 19.8. The lowest BCUT2D eigenvalue weighted by atomic mass is 9.69. The van der Waals surface area contributed by atoms with Gasteiger partial charge in [-0.15, -0.1) is 0 Å². The van der Waals surface area contributed by atoms with Gasteiger partial charge in [0.05, 0.1) is 11.5 Å². The number of hydrogen-bond donors (Lipinski definition) is 2. The summed E-state index contributed by atoms with van der Waals surface area (Å²) in [7, 11) is 0. The van der Waals surface area contributed by atoms with Crippen LogP contribution in [-0.4, -0.2) is 33.4 Å². The SMILES string of the molecule is N#CC1(c2ccncc2)CCC(NCc2nocc2-c2ccc(Cl)cc2)CC1.O=C(O)C(F)(F)F. The highest BCUT2D eigenvalue weighted by molar-refractivity contribution is 6.30. The molecule has 35 heavy (non-hydrogen) atoms. The Bertz CT molecular complexity index is 1150. The first-order valence-corrected chi connectivity index (χ1v) is 11.1. The summed E-state index contributed by atoms with van der Waals surface area (Å²) in [4.78, 5) is 13.0. The average molecular weight is 507 g/mol. The van der Waals surface area contributed by atoms with Crippen molar-refractivity contribution >= 4 is 17.6 Å². The number of pyridine rings is 1. The van der Waals surface area contributed by atoms with Gasteiger partial charge in [-0.05, 0) is 61.1 Å². The Morgan fingerprint density at radius 3 is 2.34 bits per heavy atom. The number of carboxylic acid groups (broad SMARTS) is 1. The summed E-state index contributed by atoms with van der Waals surface area (Å²) in [5.41, 5.74) is 3.57. The highest BCUT2D eigenvalue weighted by Gasteiger charge is 2.38. The van der Waals surface area contributed by atoms with Crippen LogP contribution >= 0.6 is 11.6 Å². The fraction of sp³-hybridized carbons (Fsp3) is 0.333. The van der Waals surface area contributed by atoms with Crippen molar-refractivity contribution in [2.75, 3.05) is 0 Å². The van der Waals surface area contributed by atoms with E-state index in [0.29, 0.717) is 17.6 Å². The molecule has 1 fully saturated rings. The Balaban J connectivity index is 0.000000429. The number of alkyl halides is 3. The first-order valence-electron chi connectivity index (χ1n) is 10.7. The van der Waals surface area contributed by atoms with E-state index in [4.69, 9.17) is 26.0 Å².